The molecule has 7 heteroatoms. The van der Waals surface area contributed by atoms with Gasteiger partial charge in [-0.2, -0.15) is 0 Å². The Morgan fingerprint density at radius 2 is 2.33 bits per heavy atom. The summed E-state index contributed by atoms with van der Waals surface area (Å²) < 4.78 is 6.28. The van der Waals surface area contributed by atoms with Crippen LogP contribution in [0.4, 0.5) is 0 Å². The molecular formula is C8H8N4O3. The van der Waals surface area contributed by atoms with Crippen molar-refractivity contribution in [3.8, 4) is 11.4 Å². The quantitative estimate of drug-likeness (QED) is 0.771. The summed E-state index contributed by atoms with van der Waals surface area (Å²) in [6.45, 7) is 1.54. The first-order chi connectivity index (χ1) is 7.09. The standard InChI is InChI=1S/C8H8N4O3/c1-4-6(8(13)14)7(10-15-4)5-3-12(2)11-9-5/h3H,1-2H3,(H,13,14). The Labute approximate surface area is 84.3 Å². The predicted octanol–water partition coefficient (Wildman–Crippen LogP) is 0.477. The number of aromatic carboxylic acids is 1. The van der Waals surface area contributed by atoms with Crippen LogP contribution in [0.3, 0.4) is 0 Å². The number of hydrogen-bond donors (Lipinski definition) is 1. The third-order valence-corrected chi connectivity index (χ3v) is 1.92. The molecule has 0 radical (unpaired) electrons. The molecule has 0 aliphatic rings. The van der Waals surface area contributed by atoms with Gasteiger partial charge in [-0.15, -0.1) is 5.10 Å². The minimum atomic E-state index is -1.09. The highest BCUT2D eigenvalue weighted by Gasteiger charge is 2.22. The maximum Gasteiger partial charge on any atom is 0.341 e. The Kier molecular flexibility index (Phi) is 2.00. The van der Waals surface area contributed by atoms with Gasteiger partial charge in [-0.3, -0.25) is 4.68 Å². The summed E-state index contributed by atoms with van der Waals surface area (Å²) in [6, 6.07) is 0. The van der Waals surface area contributed by atoms with Crippen molar-refractivity contribution in [1.29, 1.82) is 0 Å². The first kappa shape index (κ1) is 9.38. The van der Waals surface area contributed by atoms with Gasteiger partial charge >= 0.3 is 5.97 Å². The van der Waals surface area contributed by atoms with Crippen LogP contribution in [0.5, 0.6) is 0 Å². The van der Waals surface area contributed by atoms with Crippen molar-refractivity contribution in [3.05, 3.63) is 17.5 Å². The minimum Gasteiger partial charge on any atom is -0.477 e. The Bertz CT molecular complexity index is 514. The van der Waals surface area contributed by atoms with Crippen LogP contribution in [0.25, 0.3) is 11.4 Å². The van der Waals surface area contributed by atoms with Crippen molar-refractivity contribution >= 4 is 5.97 Å². The molecule has 15 heavy (non-hydrogen) atoms. The van der Waals surface area contributed by atoms with E-state index < -0.39 is 5.97 Å². The first-order valence-electron chi connectivity index (χ1n) is 4.16. The van der Waals surface area contributed by atoms with Gasteiger partial charge in [0, 0.05) is 7.05 Å². The van der Waals surface area contributed by atoms with E-state index in [2.05, 4.69) is 15.5 Å². The van der Waals surface area contributed by atoms with E-state index in [1.807, 2.05) is 0 Å². The molecule has 0 fully saturated rings. The summed E-state index contributed by atoms with van der Waals surface area (Å²) in [5.41, 5.74) is 0.607. The number of nitrogens with zero attached hydrogens (tertiary/aromatic N) is 4. The molecule has 0 saturated heterocycles. The molecule has 2 heterocycles. The van der Waals surface area contributed by atoms with E-state index in [4.69, 9.17) is 9.63 Å². The number of aryl methyl sites for hydroxylation is 2. The maximum atomic E-state index is 10.9. The largest absolute Gasteiger partial charge is 0.477 e. The fourth-order valence-electron chi connectivity index (χ4n) is 1.25. The zero-order valence-corrected chi connectivity index (χ0v) is 8.13. The van der Waals surface area contributed by atoms with Crippen LogP contribution in [0.15, 0.2) is 10.7 Å². The van der Waals surface area contributed by atoms with Crippen LogP contribution in [0.2, 0.25) is 0 Å². The fourth-order valence-corrected chi connectivity index (χ4v) is 1.25. The van der Waals surface area contributed by atoms with Crippen LogP contribution in [0, 0.1) is 6.92 Å². The molecular weight excluding hydrogens is 200 g/mol. The lowest BCUT2D eigenvalue weighted by molar-refractivity contribution is 0.0695. The topological polar surface area (TPSA) is 94.0 Å². The van der Waals surface area contributed by atoms with Gasteiger partial charge < -0.3 is 9.63 Å². The molecule has 0 spiro atoms. The van der Waals surface area contributed by atoms with E-state index in [9.17, 15) is 4.79 Å². The second kappa shape index (κ2) is 3.19. The lowest BCUT2D eigenvalue weighted by Gasteiger charge is -1.91. The smallest absolute Gasteiger partial charge is 0.341 e. The molecule has 0 unspecified atom stereocenters. The number of carbonyl (C=O) groups is 1. The molecule has 0 aliphatic carbocycles. The van der Waals surface area contributed by atoms with E-state index in [-0.39, 0.29) is 17.0 Å². The van der Waals surface area contributed by atoms with Crippen molar-refractivity contribution in [2.45, 2.75) is 6.92 Å². The highest BCUT2D eigenvalue weighted by atomic mass is 16.5. The number of carboxylic acids is 1. The van der Waals surface area contributed by atoms with Crippen LogP contribution in [-0.2, 0) is 7.05 Å². The number of hydrogen-bond acceptors (Lipinski definition) is 5. The SMILES string of the molecule is Cc1onc(-c2cn(C)nn2)c1C(=O)O. The maximum absolute atomic E-state index is 10.9. The van der Waals surface area contributed by atoms with E-state index in [1.165, 1.54) is 11.6 Å². The lowest BCUT2D eigenvalue weighted by Crippen LogP contribution is -1.99. The van der Waals surface area contributed by atoms with Crippen molar-refractivity contribution < 1.29 is 14.4 Å². The van der Waals surface area contributed by atoms with Gasteiger partial charge in [0.25, 0.3) is 0 Å². The van der Waals surface area contributed by atoms with Crippen molar-refractivity contribution in [2.75, 3.05) is 0 Å². The van der Waals surface area contributed by atoms with Gasteiger partial charge in [0.15, 0.2) is 5.69 Å². The van der Waals surface area contributed by atoms with Gasteiger partial charge in [-0.25, -0.2) is 4.79 Å². The Morgan fingerprint density at radius 3 is 2.87 bits per heavy atom. The summed E-state index contributed by atoms with van der Waals surface area (Å²) >= 11 is 0. The second-order valence-electron chi connectivity index (χ2n) is 3.04. The summed E-state index contributed by atoms with van der Waals surface area (Å²) in [5.74, 6) is -0.836. The second-order valence-corrected chi connectivity index (χ2v) is 3.04. The molecule has 0 saturated carbocycles. The molecule has 0 bridgehead atoms. The molecule has 0 amide bonds. The van der Waals surface area contributed by atoms with Crippen molar-refractivity contribution in [1.82, 2.24) is 20.2 Å². The predicted molar refractivity (Wildman–Crippen MR) is 48.2 cm³/mol. The molecule has 0 aliphatic heterocycles. The number of carboxylic acid groups (broad SMARTS) is 1. The third kappa shape index (κ3) is 1.47. The highest BCUT2D eigenvalue weighted by molar-refractivity contribution is 5.95. The van der Waals surface area contributed by atoms with Gasteiger partial charge in [0.05, 0.1) is 6.20 Å². The summed E-state index contributed by atoms with van der Waals surface area (Å²) in [6.07, 6.45) is 1.57. The third-order valence-electron chi connectivity index (χ3n) is 1.92. The van der Waals surface area contributed by atoms with Gasteiger partial charge in [-0.05, 0) is 6.92 Å². The van der Waals surface area contributed by atoms with E-state index >= 15 is 0 Å². The van der Waals surface area contributed by atoms with Crippen molar-refractivity contribution in [3.63, 3.8) is 0 Å². The fraction of sp³-hybridized carbons (Fsp3) is 0.250. The molecule has 2 aromatic heterocycles. The lowest BCUT2D eigenvalue weighted by atomic mass is 10.1. The number of aromatic nitrogens is 4. The summed E-state index contributed by atoms with van der Waals surface area (Å²) in [5, 5.41) is 20.1. The van der Waals surface area contributed by atoms with Gasteiger partial charge in [0.1, 0.15) is 17.0 Å². The van der Waals surface area contributed by atoms with E-state index in [0.29, 0.717) is 5.69 Å². The Hall–Kier alpha value is -2.18. The highest BCUT2D eigenvalue weighted by Crippen LogP contribution is 2.22. The zero-order chi connectivity index (χ0) is 11.0. The van der Waals surface area contributed by atoms with Gasteiger partial charge in [0.2, 0.25) is 0 Å². The first-order valence-corrected chi connectivity index (χ1v) is 4.16. The molecule has 0 atom stereocenters. The van der Waals surface area contributed by atoms with E-state index in [0.717, 1.165) is 0 Å². The minimum absolute atomic E-state index is 0.0236. The molecule has 78 valence electrons. The van der Waals surface area contributed by atoms with Crippen LogP contribution in [0.1, 0.15) is 16.1 Å². The summed E-state index contributed by atoms with van der Waals surface area (Å²) in [4.78, 5) is 10.9. The summed E-state index contributed by atoms with van der Waals surface area (Å²) in [7, 11) is 1.68. The molecule has 1 N–H and O–H groups in total. The normalized spacial score (nSPS) is 10.5. The van der Waals surface area contributed by atoms with E-state index in [1.54, 1.807) is 13.2 Å². The average molecular weight is 208 g/mol. The molecule has 0 aromatic carbocycles. The van der Waals surface area contributed by atoms with Crippen LogP contribution >= 0.6 is 0 Å². The molecule has 2 aromatic rings. The van der Waals surface area contributed by atoms with Gasteiger partial charge in [-0.1, -0.05) is 10.4 Å². The van der Waals surface area contributed by atoms with Crippen LogP contribution in [-0.4, -0.2) is 31.2 Å². The monoisotopic (exact) mass is 208 g/mol. The van der Waals surface area contributed by atoms with Crippen molar-refractivity contribution in [2.24, 2.45) is 7.05 Å². The molecule has 2 rings (SSSR count). The average Bonchev–Trinajstić information content (AvgIpc) is 2.71. The molecule has 7 nitrogen and oxygen atoms in total. The van der Waals surface area contributed by atoms with Crippen LogP contribution < -0.4 is 0 Å². The zero-order valence-electron chi connectivity index (χ0n) is 8.13. The number of rotatable bonds is 2. The Balaban J connectivity index is 2.58. The Morgan fingerprint density at radius 1 is 1.60 bits per heavy atom.